The van der Waals surface area contributed by atoms with Crippen molar-refractivity contribution in [1.29, 1.82) is 0 Å². The third kappa shape index (κ3) is 3.21. The monoisotopic (exact) mass is 321 g/mol. The quantitative estimate of drug-likeness (QED) is 0.770. The molecule has 0 saturated heterocycles. The predicted octanol–water partition coefficient (Wildman–Crippen LogP) is 4.88. The van der Waals surface area contributed by atoms with Crippen LogP contribution in [-0.2, 0) is 4.74 Å². The van der Waals surface area contributed by atoms with Crippen molar-refractivity contribution < 1.29 is 9.53 Å². The molecular weight excluding hydrogens is 298 g/mol. The van der Waals surface area contributed by atoms with Crippen molar-refractivity contribution in [2.24, 2.45) is 0 Å². The summed E-state index contributed by atoms with van der Waals surface area (Å²) in [5.74, 6) is 0.0997. The van der Waals surface area contributed by atoms with Crippen LogP contribution in [0.5, 0.6) is 0 Å². The molecule has 1 atom stereocenters. The molecule has 0 bridgehead atoms. The van der Waals surface area contributed by atoms with Gasteiger partial charge in [0.25, 0.3) is 0 Å². The van der Waals surface area contributed by atoms with E-state index in [0.717, 1.165) is 12.8 Å². The highest BCUT2D eigenvalue weighted by Crippen LogP contribution is 2.44. The summed E-state index contributed by atoms with van der Waals surface area (Å²) >= 11 is 0. The molecule has 0 saturated carbocycles. The van der Waals surface area contributed by atoms with Gasteiger partial charge in [0.1, 0.15) is 6.61 Å². The van der Waals surface area contributed by atoms with Crippen LogP contribution in [-0.4, -0.2) is 18.7 Å². The Morgan fingerprint density at radius 3 is 2.29 bits per heavy atom. The van der Waals surface area contributed by atoms with Crippen LogP contribution in [0.3, 0.4) is 0 Å². The number of hydrogen-bond donors (Lipinski definition) is 1. The van der Waals surface area contributed by atoms with Crippen LogP contribution in [0.15, 0.2) is 61.2 Å². The standard InChI is InChI=1S/C21H23NO2/c1-3-9-15(4-2)22-21(23)24-14-20-18-12-7-5-10-16(18)17-11-6-8-13-19(17)20/h3,5-8,10-13,15,20H,1,4,9,14H2,2H3,(H,22,23). The summed E-state index contributed by atoms with van der Waals surface area (Å²) in [4.78, 5) is 12.1. The Kier molecular flexibility index (Phi) is 4.99. The van der Waals surface area contributed by atoms with E-state index in [0.29, 0.717) is 6.61 Å². The van der Waals surface area contributed by atoms with Crippen LogP contribution < -0.4 is 5.32 Å². The molecular formula is C21H23NO2. The van der Waals surface area contributed by atoms with Crippen LogP contribution in [0.1, 0.15) is 36.8 Å². The molecule has 0 aliphatic heterocycles. The Morgan fingerprint density at radius 2 is 1.75 bits per heavy atom. The molecule has 2 aromatic rings. The van der Waals surface area contributed by atoms with Gasteiger partial charge in [-0.25, -0.2) is 4.79 Å². The minimum absolute atomic E-state index is 0.0816. The van der Waals surface area contributed by atoms with Gasteiger partial charge in [-0.3, -0.25) is 0 Å². The van der Waals surface area contributed by atoms with Gasteiger partial charge in [-0.1, -0.05) is 61.5 Å². The number of amides is 1. The molecule has 0 aromatic heterocycles. The first-order chi connectivity index (χ1) is 11.7. The average molecular weight is 321 g/mol. The van der Waals surface area contributed by atoms with Gasteiger partial charge in [-0.15, -0.1) is 6.58 Å². The largest absolute Gasteiger partial charge is 0.449 e. The number of carbonyl (C=O) groups is 1. The summed E-state index contributed by atoms with van der Waals surface area (Å²) in [5.41, 5.74) is 4.93. The van der Waals surface area contributed by atoms with Gasteiger partial charge in [-0.05, 0) is 35.1 Å². The van der Waals surface area contributed by atoms with E-state index in [-0.39, 0.29) is 18.1 Å². The average Bonchev–Trinajstić information content (AvgIpc) is 2.93. The molecule has 0 heterocycles. The van der Waals surface area contributed by atoms with Crippen LogP contribution in [0.2, 0.25) is 0 Å². The predicted molar refractivity (Wildman–Crippen MR) is 97.1 cm³/mol. The summed E-state index contributed by atoms with van der Waals surface area (Å²) in [6.07, 6.45) is 3.07. The molecule has 1 amide bonds. The van der Waals surface area contributed by atoms with Crippen LogP contribution >= 0.6 is 0 Å². The number of carbonyl (C=O) groups excluding carboxylic acids is 1. The fourth-order valence-corrected chi connectivity index (χ4v) is 3.34. The molecule has 3 heteroatoms. The second-order valence-corrected chi connectivity index (χ2v) is 6.10. The zero-order valence-electron chi connectivity index (χ0n) is 14.0. The summed E-state index contributed by atoms with van der Waals surface area (Å²) in [6.45, 7) is 6.11. The molecule has 24 heavy (non-hydrogen) atoms. The van der Waals surface area contributed by atoms with Gasteiger partial charge >= 0.3 is 6.09 Å². The minimum atomic E-state index is -0.356. The molecule has 1 N–H and O–H groups in total. The Balaban J connectivity index is 1.71. The lowest BCUT2D eigenvalue weighted by molar-refractivity contribution is 0.139. The Labute approximate surface area is 143 Å². The maximum absolute atomic E-state index is 12.1. The number of nitrogens with one attached hydrogen (secondary N) is 1. The highest BCUT2D eigenvalue weighted by molar-refractivity contribution is 5.79. The lowest BCUT2D eigenvalue weighted by Crippen LogP contribution is -2.35. The molecule has 0 fully saturated rings. The van der Waals surface area contributed by atoms with Crippen molar-refractivity contribution in [3.05, 3.63) is 72.3 Å². The molecule has 0 spiro atoms. The van der Waals surface area contributed by atoms with Crippen LogP contribution in [0, 0.1) is 0 Å². The van der Waals surface area contributed by atoms with Gasteiger partial charge in [0.05, 0.1) is 0 Å². The number of alkyl carbamates (subject to hydrolysis) is 1. The van der Waals surface area contributed by atoms with Gasteiger partial charge in [0.15, 0.2) is 0 Å². The third-order valence-corrected chi connectivity index (χ3v) is 4.61. The number of fused-ring (bicyclic) bond motifs is 3. The summed E-state index contributed by atoms with van der Waals surface area (Å²) in [6, 6.07) is 16.8. The van der Waals surface area contributed by atoms with E-state index >= 15 is 0 Å². The lowest BCUT2D eigenvalue weighted by atomic mass is 9.98. The third-order valence-electron chi connectivity index (χ3n) is 4.61. The molecule has 2 aromatic carbocycles. The summed E-state index contributed by atoms with van der Waals surface area (Å²) in [5, 5.41) is 2.91. The molecule has 1 aliphatic carbocycles. The van der Waals surface area contributed by atoms with E-state index in [1.165, 1.54) is 22.3 Å². The Bertz CT molecular complexity index is 693. The van der Waals surface area contributed by atoms with Gasteiger partial charge < -0.3 is 10.1 Å². The topological polar surface area (TPSA) is 38.3 Å². The second-order valence-electron chi connectivity index (χ2n) is 6.10. The fraction of sp³-hybridized carbons (Fsp3) is 0.286. The summed E-state index contributed by atoms with van der Waals surface area (Å²) < 4.78 is 5.53. The minimum Gasteiger partial charge on any atom is -0.449 e. The normalized spacial score (nSPS) is 13.7. The zero-order chi connectivity index (χ0) is 16.9. The first-order valence-electron chi connectivity index (χ1n) is 8.47. The number of rotatable bonds is 6. The maximum Gasteiger partial charge on any atom is 0.407 e. The van der Waals surface area contributed by atoms with Crippen LogP contribution in [0.4, 0.5) is 4.79 Å². The van der Waals surface area contributed by atoms with Crippen molar-refractivity contribution in [2.75, 3.05) is 6.61 Å². The van der Waals surface area contributed by atoms with Crippen LogP contribution in [0.25, 0.3) is 11.1 Å². The SMILES string of the molecule is C=CCC(CC)NC(=O)OCC1c2ccccc2-c2ccccc21. The summed E-state index contributed by atoms with van der Waals surface area (Å²) in [7, 11) is 0. The first-order valence-corrected chi connectivity index (χ1v) is 8.47. The van der Waals surface area contributed by atoms with Crippen molar-refractivity contribution in [1.82, 2.24) is 5.32 Å². The van der Waals surface area contributed by atoms with Crippen molar-refractivity contribution >= 4 is 6.09 Å². The molecule has 1 unspecified atom stereocenters. The van der Waals surface area contributed by atoms with Gasteiger partial charge in [0, 0.05) is 12.0 Å². The van der Waals surface area contributed by atoms with E-state index in [2.05, 4.69) is 36.2 Å². The molecule has 3 nitrogen and oxygen atoms in total. The first kappa shape index (κ1) is 16.3. The second kappa shape index (κ2) is 7.35. The fourth-order valence-electron chi connectivity index (χ4n) is 3.34. The molecule has 0 radical (unpaired) electrons. The lowest BCUT2D eigenvalue weighted by Gasteiger charge is -2.18. The zero-order valence-corrected chi connectivity index (χ0v) is 14.0. The molecule has 124 valence electrons. The van der Waals surface area contributed by atoms with E-state index in [9.17, 15) is 4.79 Å². The van der Waals surface area contributed by atoms with Gasteiger partial charge in [-0.2, -0.15) is 0 Å². The smallest absolute Gasteiger partial charge is 0.407 e. The molecule has 3 rings (SSSR count). The van der Waals surface area contributed by atoms with Crippen molar-refractivity contribution in [3.8, 4) is 11.1 Å². The highest BCUT2D eigenvalue weighted by atomic mass is 16.5. The molecule has 1 aliphatic rings. The van der Waals surface area contributed by atoms with E-state index in [1.54, 1.807) is 0 Å². The Hall–Kier alpha value is -2.55. The Morgan fingerprint density at radius 1 is 1.17 bits per heavy atom. The number of benzene rings is 2. The maximum atomic E-state index is 12.1. The van der Waals surface area contributed by atoms with Gasteiger partial charge in [0.2, 0.25) is 0 Å². The van der Waals surface area contributed by atoms with E-state index in [4.69, 9.17) is 4.74 Å². The van der Waals surface area contributed by atoms with E-state index < -0.39 is 0 Å². The van der Waals surface area contributed by atoms with Crippen molar-refractivity contribution in [3.63, 3.8) is 0 Å². The van der Waals surface area contributed by atoms with Crippen molar-refractivity contribution in [2.45, 2.75) is 31.7 Å². The highest BCUT2D eigenvalue weighted by Gasteiger charge is 2.29. The number of ether oxygens (including phenoxy) is 1. The number of hydrogen-bond acceptors (Lipinski definition) is 2. The van der Waals surface area contributed by atoms with E-state index in [1.807, 2.05) is 37.3 Å².